The van der Waals surface area contributed by atoms with E-state index in [1.165, 1.54) is 4.88 Å². The number of ether oxygens (including phenoxy) is 1. The minimum absolute atomic E-state index is 0.0758. The van der Waals surface area contributed by atoms with Gasteiger partial charge in [-0.25, -0.2) is 0 Å². The number of nitrogens with zero attached hydrogens (tertiary/aromatic N) is 2. The summed E-state index contributed by atoms with van der Waals surface area (Å²) >= 11 is 1.66. The van der Waals surface area contributed by atoms with E-state index >= 15 is 0 Å². The molecular weight excluding hydrogens is 348 g/mol. The van der Waals surface area contributed by atoms with E-state index in [-0.39, 0.29) is 17.8 Å². The number of hydrogen-bond donors (Lipinski definition) is 1. The fourth-order valence-electron chi connectivity index (χ4n) is 3.18. The third-order valence-corrected chi connectivity index (χ3v) is 5.49. The molecule has 1 aromatic carbocycles. The number of rotatable bonds is 8. The van der Waals surface area contributed by atoms with Crippen LogP contribution >= 0.6 is 11.3 Å². The summed E-state index contributed by atoms with van der Waals surface area (Å²) < 4.78 is 5.75. The molecule has 5 nitrogen and oxygen atoms in total. The monoisotopic (exact) mass is 374 g/mol. The second kappa shape index (κ2) is 9.16. The molecule has 2 aromatic rings. The zero-order valence-corrected chi connectivity index (χ0v) is 16.0. The summed E-state index contributed by atoms with van der Waals surface area (Å²) in [5, 5.41) is 12.1. The summed E-state index contributed by atoms with van der Waals surface area (Å²) in [5.74, 6) is 0.344. The molecule has 1 unspecified atom stereocenters. The first kappa shape index (κ1) is 18.9. The van der Waals surface area contributed by atoms with Crippen molar-refractivity contribution >= 4 is 17.2 Å². The summed E-state index contributed by atoms with van der Waals surface area (Å²) in [7, 11) is 1.84. The highest BCUT2D eigenvalue weighted by molar-refractivity contribution is 7.09. The molecule has 0 spiro atoms. The van der Waals surface area contributed by atoms with Gasteiger partial charge in [0.2, 0.25) is 5.91 Å². The average Bonchev–Trinajstić information content (AvgIpc) is 3.31. The van der Waals surface area contributed by atoms with Gasteiger partial charge in [0.05, 0.1) is 19.2 Å². The lowest BCUT2D eigenvalue weighted by molar-refractivity contribution is -0.132. The quantitative estimate of drug-likeness (QED) is 0.771. The third-order valence-electron chi connectivity index (χ3n) is 4.63. The molecule has 26 heavy (non-hydrogen) atoms. The fraction of sp³-hybridized carbons (Fsp3) is 0.450. The van der Waals surface area contributed by atoms with Gasteiger partial charge in [0.15, 0.2) is 0 Å². The number of phenols is 1. The topological polar surface area (TPSA) is 53.0 Å². The van der Waals surface area contributed by atoms with E-state index in [9.17, 15) is 9.90 Å². The van der Waals surface area contributed by atoms with Gasteiger partial charge < -0.3 is 14.7 Å². The van der Waals surface area contributed by atoms with E-state index in [0.717, 1.165) is 25.0 Å². The standard InChI is InChI=1S/C20H26N2O3S/c1-21(14-18-8-5-11-26-18)20(24)15-22(13-17-7-4-10-25-17)12-16-6-2-3-9-19(16)23/h2-3,5-6,8-9,11,17,23H,4,7,10,12-15H2,1H3. The Morgan fingerprint density at radius 3 is 2.81 bits per heavy atom. The van der Waals surface area contributed by atoms with Crippen molar-refractivity contribution in [2.24, 2.45) is 0 Å². The molecule has 1 N–H and O–H groups in total. The van der Waals surface area contributed by atoms with Crippen molar-refractivity contribution < 1.29 is 14.6 Å². The van der Waals surface area contributed by atoms with Gasteiger partial charge in [-0.15, -0.1) is 11.3 Å². The van der Waals surface area contributed by atoms with Crippen LogP contribution in [0, 0.1) is 0 Å². The predicted molar refractivity (Wildman–Crippen MR) is 103 cm³/mol. The molecule has 140 valence electrons. The number of benzene rings is 1. The van der Waals surface area contributed by atoms with Crippen molar-refractivity contribution in [1.82, 2.24) is 9.80 Å². The van der Waals surface area contributed by atoms with E-state index in [1.807, 2.05) is 42.8 Å². The van der Waals surface area contributed by atoms with Crippen molar-refractivity contribution in [2.45, 2.75) is 32.0 Å². The minimum atomic E-state index is 0.0758. The largest absolute Gasteiger partial charge is 0.508 e. The molecule has 0 aliphatic carbocycles. The molecule has 3 rings (SSSR count). The van der Waals surface area contributed by atoms with Crippen LogP contribution in [0.3, 0.4) is 0 Å². The summed E-state index contributed by atoms with van der Waals surface area (Å²) in [6.07, 6.45) is 2.26. The first-order chi connectivity index (χ1) is 12.6. The van der Waals surface area contributed by atoms with Crippen LogP contribution in [0.25, 0.3) is 0 Å². The van der Waals surface area contributed by atoms with Gasteiger partial charge in [-0.1, -0.05) is 24.3 Å². The Morgan fingerprint density at radius 2 is 2.12 bits per heavy atom. The number of hydrogen-bond acceptors (Lipinski definition) is 5. The first-order valence-corrected chi connectivity index (χ1v) is 9.87. The van der Waals surface area contributed by atoms with E-state index in [2.05, 4.69) is 4.90 Å². The molecule has 1 atom stereocenters. The molecule has 1 aliphatic rings. The lowest BCUT2D eigenvalue weighted by Gasteiger charge is -2.27. The molecular formula is C20H26N2O3S. The Hall–Kier alpha value is -1.89. The minimum Gasteiger partial charge on any atom is -0.508 e. The van der Waals surface area contributed by atoms with Crippen LogP contribution < -0.4 is 0 Å². The number of para-hydroxylation sites is 1. The Labute approximate surface area is 158 Å². The Kier molecular flexibility index (Phi) is 6.66. The van der Waals surface area contributed by atoms with Gasteiger partial charge in [-0.3, -0.25) is 9.69 Å². The third kappa shape index (κ3) is 5.30. The summed E-state index contributed by atoms with van der Waals surface area (Å²) in [4.78, 5) is 17.7. The van der Waals surface area contributed by atoms with E-state index in [1.54, 1.807) is 22.3 Å². The van der Waals surface area contributed by atoms with Gasteiger partial charge in [0, 0.05) is 37.2 Å². The number of amides is 1. The van der Waals surface area contributed by atoms with Crippen LogP contribution in [0.2, 0.25) is 0 Å². The van der Waals surface area contributed by atoms with Crippen molar-refractivity contribution in [3.05, 3.63) is 52.2 Å². The molecule has 1 fully saturated rings. The second-order valence-corrected chi connectivity index (χ2v) is 7.79. The predicted octanol–water partition coefficient (Wildman–Crippen LogP) is 3.09. The molecule has 0 saturated carbocycles. The number of aromatic hydroxyl groups is 1. The SMILES string of the molecule is CN(Cc1cccs1)C(=O)CN(Cc1ccccc1O)CC1CCCO1. The van der Waals surface area contributed by atoms with Crippen molar-refractivity contribution in [2.75, 3.05) is 26.7 Å². The average molecular weight is 375 g/mol. The number of carbonyl (C=O) groups excluding carboxylic acids is 1. The smallest absolute Gasteiger partial charge is 0.236 e. The molecule has 1 aromatic heterocycles. The zero-order valence-electron chi connectivity index (χ0n) is 15.1. The normalized spacial score (nSPS) is 16.9. The maximum Gasteiger partial charge on any atom is 0.236 e. The Balaban J connectivity index is 1.63. The maximum atomic E-state index is 12.7. The van der Waals surface area contributed by atoms with Crippen LogP contribution in [-0.4, -0.2) is 53.7 Å². The fourth-order valence-corrected chi connectivity index (χ4v) is 3.94. The number of likely N-dealkylation sites (N-methyl/N-ethyl adjacent to an activating group) is 1. The highest BCUT2D eigenvalue weighted by Gasteiger charge is 2.23. The first-order valence-electron chi connectivity index (χ1n) is 8.99. The van der Waals surface area contributed by atoms with E-state index < -0.39 is 0 Å². The number of phenolic OH excluding ortho intramolecular Hbond substituents is 1. The van der Waals surface area contributed by atoms with Gasteiger partial charge in [0.25, 0.3) is 0 Å². The van der Waals surface area contributed by atoms with Crippen molar-refractivity contribution in [3.63, 3.8) is 0 Å². The highest BCUT2D eigenvalue weighted by atomic mass is 32.1. The van der Waals surface area contributed by atoms with E-state index in [4.69, 9.17) is 4.74 Å². The molecule has 0 radical (unpaired) electrons. The molecule has 1 amide bonds. The molecule has 2 heterocycles. The molecule has 6 heteroatoms. The van der Waals surface area contributed by atoms with Crippen molar-refractivity contribution in [1.29, 1.82) is 0 Å². The van der Waals surface area contributed by atoms with Crippen LogP contribution in [0.1, 0.15) is 23.3 Å². The second-order valence-electron chi connectivity index (χ2n) is 6.76. The lowest BCUT2D eigenvalue weighted by Crippen LogP contribution is -2.41. The van der Waals surface area contributed by atoms with Crippen LogP contribution in [-0.2, 0) is 22.6 Å². The zero-order chi connectivity index (χ0) is 18.4. The maximum absolute atomic E-state index is 12.7. The van der Waals surface area contributed by atoms with Crippen LogP contribution in [0.5, 0.6) is 5.75 Å². The molecule has 1 aliphatic heterocycles. The van der Waals surface area contributed by atoms with Gasteiger partial charge in [0.1, 0.15) is 5.75 Å². The lowest BCUT2D eigenvalue weighted by atomic mass is 10.1. The summed E-state index contributed by atoms with van der Waals surface area (Å²) in [5.41, 5.74) is 0.833. The Morgan fingerprint density at radius 1 is 1.27 bits per heavy atom. The van der Waals surface area contributed by atoms with Gasteiger partial charge in [-0.2, -0.15) is 0 Å². The van der Waals surface area contributed by atoms with Crippen LogP contribution in [0.4, 0.5) is 0 Å². The number of carbonyl (C=O) groups is 1. The highest BCUT2D eigenvalue weighted by Crippen LogP contribution is 2.20. The van der Waals surface area contributed by atoms with Crippen LogP contribution in [0.15, 0.2) is 41.8 Å². The molecule has 1 saturated heterocycles. The van der Waals surface area contributed by atoms with Gasteiger partial charge >= 0.3 is 0 Å². The summed E-state index contributed by atoms with van der Waals surface area (Å²) in [6.45, 7) is 2.97. The number of thiophene rings is 1. The summed E-state index contributed by atoms with van der Waals surface area (Å²) in [6, 6.07) is 11.3. The van der Waals surface area contributed by atoms with Crippen molar-refractivity contribution in [3.8, 4) is 5.75 Å². The molecule has 0 bridgehead atoms. The van der Waals surface area contributed by atoms with E-state index in [0.29, 0.717) is 26.2 Å². The Bertz CT molecular complexity index is 699. The van der Waals surface area contributed by atoms with Gasteiger partial charge in [-0.05, 0) is 30.4 Å².